The second-order valence-corrected chi connectivity index (χ2v) is 10.1. The van der Waals surface area contributed by atoms with E-state index in [9.17, 15) is 9.90 Å². The number of fused-ring (bicyclic) bond motifs is 4. The Bertz CT molecular complexity index is 1380. The number of rotatable bonds is 6. The molecule has 6 nitrogen and oxygen atoms in total. The number of aromatic nitrogens is 1. The summed E-state index contributed by atoms with van der Waals surface area (Å²) in [5, 5.41) is 11.7. The van der Waals surface area contributed by atoms with Gasteiger partial charge < -0.3 is 19.7 Å². The number of aliphatic hydroxyl groups excluding tert-OH is 1. The summed E-state index contributed by atoms with van der Waals surface area (Å²) in [6.07, 6.45) is 0.419. The molecule has 4 aromatic rings. The van der Waals surface area contributed by atoms with E-state index in [1.807, 2.05) is 53.4 Å². The quantitative estimate of drug-likeness (QED) is 0.436. The van der Waals surface area contributed by atoms with E-state index >= 15 is 0 Å². The molecular weight excluding hydrogens is 450 g/mol. The Hall–Kier alpha value is -3.61. The Labute approximate surface area is 211 Å². The van der Waals surface area contributed by atoms with Crippen LogP contribution in [0.5, 0.6) is 5.75 Å². The van der Waals surface area contributed by atoms with Gasteiger partial charge >= 0.3 is 0 Å². The van der Waals surface area contributed by atoms with Gasteiger partial charge in [0.25, 0.3) is 0 Å². The number of likely N-dealkylation sites (tertiary alicyclic amines) is 1. The SMILES string of the molecule is COc1ccc2c3c([nH]c2c1)[C@@H](CO)N(Cc1ccccc1)CC31CN(C(=O)Cc2ccccc2)C1. The fraction of sp³-hybridized carbons (Fsp3) is 0.300. The highest BCUT2D eigenvalue weighted by Crippen LogP contribution is 2.49. The first-order valence-electron chi connectivity index (χ1n) is 12.5. The smallest absolute Gasteiger partial charge is 0.227 e. The number of carbonyl (C=O) groups excluding carboxylic acids is 1. The van der Waals surface area contributed by atoms with Crippen LogP contribution >= 0.6 is 0 Å². The van der Waals surface area contributed by atoms with E-state index in [4.69, 9.17) is 4.74 Å². The third-order valence-electron chi connectivity index (χ3n) is 7.78. The molecule has 0 bridgehead atoms. The number of amides is 1. The Kier molecular flexibility index (Phi) is 5.78. The number of hydrogen-bond acceptors (Lipinski definition) is 4. The monoisotopic (exact) mass is 481 g/mol. The lowest BCUT2D eigenvalue weighted by atomic mass is 9.68. The summed E-state index contributed by atoms with van der Waals surface area (Å²) in [7, 11) is 1.67. The van der Waals surface area contributed by atoms with Crippen LogP contribution in [0.4, 0.5) is 0 Å². The standard InChI is InChI=1S/C30H31N3O3/c1-36-23-12-13-24-25(15-23)31-29-26(17-34)32(16-22-10-6-3-7-11-22)18-30(28(24)29)19-33(20-30)27(35)14-21-8-4-2-5-9-21/h2-13,15,26,31,34H,14,16-20H2,1H3/t26-/m1/s1. The number of nitrogens with one attached hydrogen (secondary N) is 1. The molecule has 2 aliphatic heterocycles. The average molecular weight is 482 g/mol. The lowest BCUT2D eigenvalue weighted by Gasteiger charge is -2.56. The molecule has 6 rings (SSSR count). The number of ether oxygens (including phenoxy) is 1. The Morgan fingerprint density at radius 2 is 1.69 bits per heavy atom. The molecule has 1 aromatic heterocycles. The summed E-state index contributed by atoms with van der Waals surface area (Å²) in [5.41, 5.74) is 5.37. The molecule has 0 saturated carbocycles. The second kappa shape index (κ2) is 9.12. The topological polar surface area (TPSA) is 68.8 Å². The van der Waals surface area contributed by atoms with Crippen LogP contribution < -0.4 is 4.74 Å². The fourth-order valence-electron chi connectivity index (χ4n) is 6.10. The minimum Gasteiger partial charge on any atom is -0.497 e. The number of carbonyl (C=O) groups is 1. The van der Waals surface area contributed by atoms with Crippen molar-refractivity contribution >= 4 is 16.8 Å². The normalized spacial score (nSPS) is 18.7. The van der Waals surface area contributed by atoms with Crippen molar-refractivity contribution in [1.82, 2.24) is 14.8 Å². The van der Waals surface area contributed by atoms with Crippen LogP contribution in [0.2, 0.25) is 0 Å². The van der Waals surface area contributed by atoms with E-state index in [-0.39, 0.29) is 24.0 Å². The third kappa shape index (κ3) is 3.87. The minimum absolute atomic E-state index is 0.0243. The van der Waals surface area contributed by atoms with Crippen LogP contribution in [0.3, 0.4) is 0 Å². The van der Waals surface area contributed by atoms with Gasteiger partial charge in [0.05, 0.1) is 26.2 Å². The van der Waals surface area contributed by atoms with E-state index in [0.717, 1.165) is 41.0 Å². The summed E-state index contributed by atoms with van der Waals surface area (Å²) < 4.78 is 5.47. The maximum Gasteiger partial charge on any atom is 0.227 e. The third-order valence-corrected chi connectivity index (χ3v) is 7.78. The molecule has 3 aromatic carbocycles. The van der Waals surface area contributed by atoms with Crippen molar-refractivity contribution in [1.29, 1.82) is 0 Å². The summed E-state index contributed by atoms with van der Waals surface area (Å²) in [6, 6.07) is 26.3. The first kappa shape index (κ1) is 22.8. The average Bonchev–Trinajstić information content (AvgIpc) is 3.27. The molecule has 1 amide bonds. The largest absolute Gasteiger partial charge is 0.497 e. The van der Waals surface area contributed by atoms with Crippen LogP contribution in [0.15, 0.2) is 78.9 Å². The van der Waals surface area contributed by atoms with Gasteiger partial charge in [0.1, 0.15) is 5.75 Å². The van der Waals surface area contributed by atoms with Crippen LogP contribution in [-0.4, -0.2) is 59.1 Å². The van der Waals surface area contributed by atoms with Crippen molar-refractivity contribution in [2.75, 3.05) is 33.4 Å². The van der Waals surface area contributed by atoms with Gasteiger partial charge in [-0.25, -0.2) is 0 Å². The molecule has 36 heavy (non-hydrogen) atoms. The maximum atomic E-state index is 13.2. The number of hydrogen-bond donors (Lipinski definition) is 2. The zero-order valence-electron chi connectivity index (χ0n) is 20.5. The molecular formula is C30H31N3O3. The van der Waals surface area contributed by atoms with Crippen molar-refractivity contribution in [3.05, 3.63) is 101 Å². The molecule has 2 aliphatic rings. The number of nitrogens with zero attached hydrogens (tertiary/aromatic N) is 2. The summed E-state index contributed by atoms with van der Waals surface area (Å²) in [5.74, 6) is 0.957. The number of benzene rings is 3. The summed E-state index contributed by atoms with van der Waals surface area (Å²) in [4.78, 5) is 21.1. The molecule has 0 aliphatic carbocycles. The minimum atomic E-state index is -0.186. The predicted octanol–water partition coefficient (Wildman–Crippen LogP) is 4.05. The molecule has 6 heteroatoms. The van der Waals surface area contributed by atoms with E-state index in [1.165, 1.54) is 11.1 Å². The first-order valence-corrected chi connectivity index (χ1v) is 12.5. The molecule has 1 spiro atoms. The van der Waals surface area contributed by atoms with Gasteiger partial charge in [-0.3, -0.25) is 9.69 Å². The van der Waals surface area contributed by atoms with Crippen molar-refractivity contribution in [3.8, 4) is 5.75 Å². The van der Waals surface area contributed by atoms with Crippen molar-refractivity contribution < 1.29 is 14.6 Å². The van der Waals surface area contributed by atoms with Crippen LogP contribution in [-0.2, 0) is 23.2 Å². The first-order chi connectivity index (χ1) is 17.6. The van der Waals surface area contributed by atoms with Gasteiger partial charge in [-0.2, -0.15) is 0 Å². The molecule has 2 N–H and O–H groups in total. The number of H-pyrrole nitrogens is 1. The fourth-order valence-corrected chi connectivity index (χ4v) is 6.10. The van der Waals surface area contributed by atoms with E-state index < -0.39 is 0 Å². The lowest BCUT2D eigenvalue weighted by molar-refractivity contribution is -0.140. The van der Waals surface area contributed by atoms with Gasteiger partial charge in [0.15, 0.2) is 0 Å². The number of methoxy groups -OCH3 is 1. The number of aromatic amines is 1. The molecule has 1 atom stereocenters. The molecule has 1 fully saturated rings. The highest BCUT2D eigenvalue weighted by atomic mass is 16.5. The van der Waals surface area contributed by atoms with Gasteiger partial charge in [-0.15, -0.1) is 0 Å². The highest BCUT2D eigenvalue weighted by Gasteiger charge is 2.53. The second-order valence-electron chi connectivity index (χ2n) is 10.1. The predicted molar refractivity (Wildman–Crippen MR) is 140 cm³/mol. The molecule has 0 radical (unpaired) electrons. The Balaban J connectivity index is 1.36. The highest BCUT2D eigenvalue weighted by molar-refractivity contribution is 5.89. The van der Waals surface area contributed by atoms with Gasteiger partial charge in [-0.05, 0) is 28.8 Å². The summed E-state index contributed by atoms with van der Waals surface area (Å²) in [6.45, 7) is 2.90. The van der Waals surface area contributed by atoms with Crippen molar-refractivity contribution in [2.45, 2.75) is 24.4 Å². The van der Waals surface area contributed by atoms with Gasteiger partial charge in [0.2, 0.25) is 5.91 Å². The van der Waals surface area contributed by atoms with Crippen molar-refractivity contribution in [3.63, 3.8) is 0 Å². The Morgan fingerprint density at radius 3 is 2.36 bits per heavy atom. The molecule has 0 unspecified atom stereocenters. The van der Waals surface area contributed by atoms with Crippen molar-refractivity contribution in [2.24, 2.45) is 0 Å². The maximum absolute atomic E-state index is 13.2. The summed E-state index contributed by atoms with van der Waals surface area (Å²) >= 11 is 0. The molecule has 184 valence electrons. The zero-order valence-corrected chi connectivity index (χ0v) is 20.5. The molecule has 1 saturated heterocycles. The van der Waals surface area contributed by atoms with Gasteiger partial charge in [0, 0.05) is 54.3 Å². The van der Waals surface area contributed by atoms with Crippen LogP contribution in [0, 0.1) is 0 Å². The van der Waals surface area contributed by atoms with E-state index in [0.29, 0.717) is 19.5 Å². The molecule has 3 heterocycles. The van der Waals surface area contributed by atoms with E-state index in [2.05, 4.69) is 40.2 Å². The van der Waals surface area contributed by atoms with Crippen LogP contribution in [0.25, 0.3) is 10.9 Å². The van der Waals surface area contributed by atoms with Gasteiger partial charge in [-0.1, -0.05) is 60.7 Å². The van der Waals surface area contributed by atoms with Crippen LogP contribution in [0.1, 0.15) is 28.4 Å². The van der Waals surface area contributed by atoms with E-state index in [1.54, 1.807) is 7.11 Å². The number of aliphatic hydroxyl groups is 1. The zero-order chi connectivity index (χ0) is 24.7. The lowest BCUT2D eigenvalue weighted by Crippen LogP contribution is -2.67. The Morgan fingerprint density at radius 1 is 1.00 bits per heavy atom.